The van der Waals surface area contributed by atoms with Crippen LogP contribution in [-0.2, 0) is 16.4 Å². The van der Waals surface area contributed by atoms with Gasteiger partial charge in [-0.05, 0) is 56.6 Å². The van der Waals surface area contributed by atoms with Gasteiger partial charge in [0.1, 0.15) is 17.1 Å². The third-order valence-corrected chi connectivity index (χ3v) is 6.85. The van der Waals surface area contributed by atoms with Gasteiger partial charge in [-0.15, -0.1) is 0 Å². The van der Waals surface area contributed by atoms with E-state index in [1.54, 1.807) is 18.2 Å². The molecule has 8 heteroatoms. The van der Waals surface area contributed by atoms with Crippen molar-refractivity contribution in [3.8, 4) is 11.5 Å². The highest BCUT2D eigenvalue weighted by Crippen LogP contribution is 2.45. The Hall–Kier alpha value is -2.58. The third kappa shape index (κ3) is 4.76. The Labute approximate surface area is 189 Å². The molecule has 0 bridgehead atoms. The van der Waals surface area contributed by atoms with Gasteiger partial charge in [0, 0.05) is 18.9 Å². The molecule has 2 aliphatic heterocycles. The summed E-state index contributed by atoms with van der Waals surface area (Å²) in [5.41, 5.74) is 1.40. The first kappa shape index (κ1) is 22.6. The van der Waals surface area contributed by atoms with E-state index in [9.17, 15) is 13.2 Å². The summed E-state index contributed by atoms with van der Waals surface area (Å²) < 4.78 is 38.0. The lowest BCUT2D eigenvalue weighted by Crippen LogP contribution is -2.56. The zero-order valence-corrected chi connectivity index (χ0v) is 19.3. The Kier molecular flexibility index (Phi) is 6.44. The molecular formula is C24H30N2O5S. The number of rotatable bonds is 7. The van der Waals surface area contributed by atoms with Gasteiger partial charge in [0.05, 0.1) is 30.0 Å². The lowest BCUT2D eigenvalue weighted by atomic mass is 9.71. The van der Waals surface area contributed by atoms with E-state index in [4.69, 9.17) is 9.47 Å². The number of aryl methyl sites for hydroxylation is 1. The number of sulfonamides is 1. The Bertz CT molecular complexity index is 1090. The Morgan fingerprint density at radius 2 is 1.94 bits per heavy atom. The number of hydrogen-bond donors (Lipinski definition) is 2. The summed E-state index contributed by atoms with van der Waals surface area (Å²) in [5.74, 6) is 1.10. The summed E-state index contributed by atoms with van der Waals surface area (Å²) in [4.78, 5) is 13.6. The first-order valence-corrected chi connectivity index (χ1v) is 13.0. The molecule has 1 atom stereocenters. The van der Waals surface area contributed by atoms with Crippen molar-refractivity contribution in [2.24, 2.45) is 5.92 Å². The minimum absolute atomic E-state index is 0.0629. The Morgan fingerprint density at radius 1 is 1.19 bits per heavy atom. The van der Waals surface area contributed by atoms with E-state index in [-0.39, 0.29) is 11.7 Å². The molecule has 0 aliphatic carbocycles. The van der Waals surface area contributed by atoms with Crippen LogP contribution in [0.4, 0.5) is 5.69 Å². The van der Waals surface area contributed by atoms with Crippen LogP contribution in [0, 0.1) is 5.92 Å². The molecule has 2 heterocycles. The van der Waals surface area contributed by atoms with Crippen LogP contribution in [0.15, 0.2) is 42.5 Å². The van der Waals surface area contributed by atoms with Crippen molar-refractivity contribution in [3.63, 3.8) is 0 Å². The van der Waals surface area contributed by atoms with Crippen molar-refractivity contribution < 1.29 is 22.7 Å². The third-order valence-electron chi connectivity index (χ3n) is 6.24. The molecule has 1 unspecified atom stereocenters. The quantitative estimate of drug-likeness (QED) is 0.661. The van der Waals surface area contributed by atoms with Gasteiger partial charge in [-0.25, -0.2) is 8.42 Å². The lowest BCUT2D eigenvalue weighted by molar-refractivity contribution is -0.0233. The van der Waals surface area contributed by atoms with Gasteiger partial charge in [0.25, 0.3) is 0 Å². The lowest BCUT2D eigenvalue weighted by Gasteiger charge is -2.46. The first-order valence-electron chi connectivity index (χ1n) is 11.1. The number of ketones is 1. The summed E-state index contributed by atoms with van der Waals surface area (Å²) in [6.07, 6.45) is 3.92. The molecule has 0 aromatic heterocycles. The number of fused-ring (bicyclic) bond motifs is 1. The highest BCUT2D eigenvalue weighted by molar-refractivity contribution is 7.92. The molecule has 4 rings (SSSR count). The van der Waals surface area contributed by atoms with Crippen molar-refractivity contribution in [1.82, 2.24) is 5.32 Å². The number of piperidine rings is 1. The zero-order chi connectivity index (χ0) is 22.8. The number of carbonyl (C=O) groups is 1. The fraction of sp³-hybridized carbons (Fsp3) is 0.458. The smallest absolute Gasteiger partial charge is 0.229 e. The average Bonchev–Trinajstić information content (AvgIpc) is 2.74. The van der Waals surface area contributed by atoms with Crippen molar-refractivity contribution in [1.29, 1.82) is 0 Å². The number of hydrogen-bond acceptors (Lipinski definition) is 6. The number of ether oxygens (including phenoxy) is 2. The van der Waals surface area contributed by atoms with Crippen molar-refractivity contribution in [2.45, 2.75) is 38.2 Å². The molecule has 2 aliphatic rings. The van der Waals surface area contributed by atoms with Crippen LogP contribution in [0.3, 0.4) is 0 Å². The molecule has 2 aromatic rings. The molecule has 0 saturated carbocycles. The molecule has 1 saturated heterocycles. The van der Waals surface area contributed by atoms with Gasteiger partial charge in [-0.2, -0.15) is 0 Å². The normalized spacial score (nSPS) is 19.8. The fourth-order valence-corrected chi connectivity index (χ4v) is 5.36. The number of anilines is 1. The molecule has 0 amide bonds. The number of nitrogens with one attached hydrogen (secondary N) is 2. The van der Waals surface area contributed by atoms with Crippen LogP contribution in [0.25, 0.3) is 0 Å². The molecule has 172 valence electrons. The molecule has 1 spiro atoms. The molecule has 2 aromatic carbocycles. The second kappa shape index (κ2) is 9.11. The minimum Gasteiger partial charge on any atom is -0.494 e. The number of benzene rings is 2. The first-order chi connectivity index (χ1) is 15.3. The second-order valence-electron chi connectivity index (χ2n) is 8.50. The molecule has 0 radical (unpaired) electrons. The van der Waals surface area contributed by atoms with Gasteiger partial charge in [0.2, 0.25) is 10.0 Å². The number of para-hydroxylation sites is 1. The summed E-state index contributed by atoms with van der Waals surface area (Å²) in [6.45, 7) is 4.10. The maximum absolute atomic E-state index is 13.6. The van der Waals surface area contributed by atoms with E-state index in [0.29, 0.717) is 36.4 Å². The van der Waals surface area contributed by atoms with Crippen molar-refractivity contribution in [2.75, 3.05) is 30.7 Å². The van der Waals surface area contributed by atoms with E-state index in [0.717, 1.165) is 43.5 Å². The summed E-state index contributed by atoms with van der Waals surface area (Å²) in [6, 6.07) is 12.9. The molecule has 2 N–H and O–H groups in total. The van der Waals surface area contributed by atoms with Crippen LogP contribution >= 0.6 is 0 Å². The molecule has 32 heavy (non-hydrogen) atoms. The highest BCUT2D eigenvalue weighted by Gasteiger charge is 2.49. The largest absolute Gasteiger partial charge is 0.494 e. The Morgan fingerprint density at radius 3 is 2.66 bits per heavy atom. The maximum atomic E-state index is 13.6. The Balaban J connectivity index is 1.64. The topological polar surface area (TPSA) is 93.7 Å². The summed E-state index contributed by atoms with van der Waals surface area (Å²) in [5, 5.41) is 3.35. The summed E-state index contributed by atoms with van der Waals surface area (Å²) in [7, 11) is -3.42. The van der Waals surface area contributed by atoms with Gasteiger partial charge in [0.15, 0.2) is 5.78 Å². The van der Waals surface area contributed by atoms with Gasteiger partial charge >= 0.3 is 0 Å². The van der Waals surface area contributed by atoms with Gasteiger partial charge in [-0.3, -0.25) is 9.52 Å². The molecular weight excluding hydrogens is 428 g/mol. The van der Waals surface area contributed by atoms with E-state index in [1.807, 2.05) is 31.2 Å². The van der Waals surface area contributed by atoms with E-state index >= 15 is 0 Å². The van der Waals surface area contributed by atoms with E-state index in [2.05, 4.69) is 10.0 Å². The van der Waals surface area contributed by atoms with E-state index in [1.165, 1.54) is 0 Å². The SMILES string of the molecule is CCOc1ccccc1CCC1C(=O)c2ccc(NS(C)(=O)=O)cc2OC12CCNCC2. The number of carbonyl (C=O) groups excluding carboxylic acids is 1. The summed E-state index contributed by atoms with van der Waals surface area (Å²) >= 11 is 0. The van der Waals surface area contributed by atoms with Crippen LogP contribution in [-0.4, -0.2) is 45.8 Å². The standard InChI is InChI=1S/C24H30N2O5S/c1-3-30-21-7-5-4-6-17(21)8-11-20-23(27)19-10-9-18(26-32(2,28)29)16-22(19)31-24(20)12-14-25-15-13-24/h4-7,9-10,16,20,25-26H,3,8,11-15H2,1-2H3. The minimum atomic E-state index is -3.42. The van der Waals surface area contributed by atoms with Crippen molar-refractivity contribution in [3.05, 3.63) is 53.6 Å². The predicted octanol–water partition coefficient (Wildman–Crippen LogP) is 3.40. The predicted molar refractivity (Wildman–Crippen MR) is 124 cm³/mol. The molecule has 7 nitrogen and oxygen atoms in total. The van der Waals surface area contributed by atoms with Gasteiger partial charge in [-0.1, -0.05) is 18.2 Å². The van der Waals surface area contributed by atoms with E-state index < -0.39 is 15.6 Å². The van der Waals surface area contributed by atoms with Crippen molar-refractivity contribution >= 4 is 21.5 Å². The van der Waals surface area contributed by atoms with Crippen LogP contribution in [0.1, 0.15) is 42.1 Å². The van der Waals surface area contributed by atoms with Crippen LogP contribution < -0.4 is 19.5 Å². The van der Waals surface area contributed by atoms with Crippen LogP contribution in [0.2, 0.25) is 0 Å². The van der Waals surface area contributed by atoms with Gasteiger partial charge < -0.3 is 14.8 Å². The monoisotopic (exact) mass is 458 g/mol. The number of Topliss-reactive ketones (excluding diaryl/α,β-unsaturated/α-hetero) is 1. The second-order valence-corrected chi connectivity index (χ2v) is 10.2. The molecule has 1 fully saturated rings. The fourth-order valence-electron chi connectivity index (χ4n) is 4.81. The zero-order valence-electron chi connectivity index (χ0n) is 18.5. The van der Waals surface area contributed by atoms with Crippen LogP contribution in [0.5, 0.6) is 11.5 Å². The maximum Gasteiger partial charge on any atom is 0.229 e. The highest BCUT2D eigenvalue weighted by atomic mass is 32.2. The average molecular weight is 459 g/mol.